The lowest BCUT2D eigenvalue weighted by atomic mass is 10.1. The van der Waals surface area contributed by atoms with Gasteiger partial charge in [0.05, 0.1) is 6.54 Å². The van der Waals surface area contributed by atoms with E-state index in [-0.39, 0.29) is 10.8 Å². The van der Waals surface area contributed by atoms with Crippen molar-refractivity contribution in [2.24, 2.45) is 5.84 Å². The summed E-state index contributed by atoms with van der Waals surface area (Å²) in [5.41, 5.74) is 4.30. The Hall–Kier alpha value is -1.92. The molecule has 0 radical (unpaired) electrons. The summed E-state index contributed by atoms with van der Waals surface area (Å²) < 4.78 is 1.67. The van der Waals surface area contributed by atoms with Gasteiger partial charge >= 0.3 is 4.87 Å². The van der Waals surface area contributed by atoms with E-state index in [4.69, 9.17) is 5.84 Å². The van der Waals surface area contributed by atoms with Crippen LogP contribution >= 0.6 is 11.3 Å². The van der Waals surface area contributed by atoms with Gasteiger partial charge in [-0.1, -0.05) is 29.5 Å². The van der Waals surface area contributed by atoms with Crippen molar-refractivity contribution < 1.29 is 4.79 Å². The molecule has 1 amide bonds. The number of aromatic nitrogens is 1. The molecule has 5 nitrogen and oxygen atoms in total. The summed E-state index contributed by atoms with van der Waals surface area (Å²) in [6, 6.07) is 7.12. The molecular formula is C13H15N3O2S. The maximum atomic E-state index is 11.9. The first-order valence-electron chi connectivity index (χ1n) is 5.80. The predicted molar refractivity (Wildman–Crippen MR) is 75.3 cm³/mol. The number of thiazole rings is 1. The first-order chi connectivity index (χ1) is 9.04. The van der Waals surface area contributed by atoms with Crippen LogP contribution in [0.4, 0.5) is 0 Å². The Morgan fingerprint density at radius 2 is 2.05 bits per heavy atom. The van der Waals surface area contributed by atoms with Crippen molar-refractivity contribution in [3.63, 3.8) is 0 Å². The Balaban J connectivity index is 2.44. The van der Waals surface area contributed by atoms with Crippen LogP contribution in [0.1, 0.15) is 26.5 Å². The van der Waals surface area contributed by atoms with Crippen molar-refractivity contribution >= 4 is 17.2 Å². The van der Waals surface area contributed by atoms with Crippen LogP contribution in [0.2, 0.25) is 0 Å². The standard InChI is InChI=1S/C13H15N3O2S/c1-8-9(2)19-13(18)16(8)7-10-5-3-4-6-11(10)12(17)15-14/h3-6H,7,14H2,1-2H3,(H,15,17). The maximum Gasteiger partial charge on any atom is 0.307 e. The van der Waals surface area contributed by atoms with E-state index in [1.165, 1.54) is 11.3 Å². The molecule has 0 unspecified atom stereocenters. The van der Waals surface area contributed by atoms with Gasteiger partial charge in [0.2, 0.25) is 0 Å². The van der Waals surface area contributed by atoms with Gasteiger partial charge < -0.3 is 0 Å². The van der Waals surface area contributed by atoms with Gasteiger partial charge in [-0.05, 0) is 25.5 Å². The second-order valence-electron chi connectivity index (χ2n) is 4.23. The highest BCUT2D eigenvalue weighted by Crippen LogP contribution is 2.14. The van der Waals surface area contributed by atoms with Gasteiger partial charge in [-0.25, -0.2) is 5.84 Å². The van der Waals surface area contributed by atoms with Crippen LogP contribution in [0.25, 0.3) is 0 Å². The van der Waals surface area contributed by atoms with Gasteiger partial charge in [-0.3, -0.25) is 19.6 Å². The summed E-state index contributed by atoms with van der Waals surface area (Å²) in [7, 11) is 0. The summed E-state index contributed by atoms with van der Waals surface area (Å²) in [4.78, 5) is 24.5. The number of hydrogen-bond acceptors (Lipinski definition) is 4. The van der Waals surface area contributed by atoms with E-state index in [1.54, 1.807) is 16.7 Å². The minimum Gasteiger partial charge on any atom is -0.299 e. The molecule has 0 fully saturated rings. The van der Waals surface area contributed by atoms with Crippen LogP contribution < -0.4 is 16.1 Å². The molecule has 0 aliphatic rings. The van der Waals surface area contributed by atoms with Crippen LogP contribution in [0.3, 0.4) is 0 Å². The highest BCUT2D eigenvalue weighted by molar-refractivity contribution is 7.09. The molecule has 0 atom stereocenters. The SMILES string of the molecule is Cc1sc(=O)n(Cc2ccccc2C(=O)NN)c1C. The van der Waals surface area contributed by atoms with E-state index >= 15 is 0 Å². The number of benzene rings is 1. The number of carbonyl (C=O) groups is 1. The molecule has 0 saturated carbocycles. The Morgan fingerprint density at radius 3 is 2.63 bits per heavy atom. The fourth-order valence-corrected chi connectivity index (χ4v) is 2.73. The zero-order chi connectivity index (χ0) is 14.0. The smallest absolute Gasteiger partial charge is 0.299 e. The molecule has 100 valence electrons. The number of nitrogens with zero attached hydrogens (tertiary/aromatic N) is 1. The minimum atomic E-state index is -0.353. The Kier molecular flexibility index (Phi) is 3.82. The van der Waals surface area contributed by atoms with Crippen LogP contribution in [0.5, 0.6) is 0 Å². The molecule has 19 heavy (non-hydrogen) atoms. The molecular weight excluding hydrogens is 262 g/mol. The zero-order valence-corrected chi connectivity index (χ0v) is 11.6. The van der Waals surface area contributed by atoms with Gasteiger partial charge in [0.1, 0.15) is 0 Å². The quantitative estimate of drug-likeness (QED) is 0.502. The van der Waals surface area contributed by atoms with Gasteiger partial charge in [0.25, 0.3) is 5.91 Å². The molecule has 0 spiro atoms. The zero-order valence-electron chi connectivity index (χ0n) is 10.8. The fourth-order valence-electron chi connectivity index (χ4n) is 1.90. The summed E-state index contributed by atoms with van der Waals surface area (Å²) in [5.74, 6) is 4.81. The topological polar surface area (TPSA) is 77.1 Å². The number of aryl methyl sites for hydroxylation is 1. The van der Waals surface area contributed by atoms with E-state index in [0.717, 1.165) is 16.1 Å². The maximum absolute atomic E-state index is 11.9. The molecule has 2 rings (SSSR count). The number of nitrogens with one attached hydrogen (secondary N) is 1. The minimum absolute atomic E-state index is 0.0158. The Bertz CT molecular complexity index is 673. The molecule has 3 N–H and O–H groups in total. The first kappa shape index (κ1) is 13.5. The summed E-state index contributed by atoms with van der Waals surface area (Å²) in [6.45, 7) is 4.19. The van der Waals surface area contributed by atoms with Crippen molar-refractivity contribution in [2.75, 3.05) is 0 Å². The summed E-state index contributed by atoms with van der Waals surface area (Å²) >= 11 is 1.22. The highest BCUT2D eigenvalue weighted by Gasteiger charge is 2.13. The van der Waals surface area contributed by atoms with Gasteiger partial charge in [-0.2, -0.15) is 0 Å². The molecule has 1 heterocycles. The van der Waals surface area contributed by atoms with E-state index in [2.05, 4.69) is 5.43 Å². The fraction of sp³-hybridized carbons (Fsp3) is 0.231. The third-order valence-electron chi connectivity index (χ3n) is 3.10. The van der Waals surface area contributed by atoms with Crippen molar-refractivity contribution in [1.29, 1.82) is 0 Å². The van der Waals surface area contributed by atoms with E-state index < -0.39 is 0 Å². The third kappa shape index (κ3) is 2.59. The Morgan fingerprint density at radius 1 is 1.37 bits per heavy atom. The lowest BCUT2D eigenvalue weighted by molar-refractivity contribution is 0.0952. The monoisotopic (exact) mass is 277 g/mol. The number of hydrazine groups is 1. The van der Waals surface area contributed by atoms with Gasteiger partial charge in [0, 0.05) is 16.1 Å². The second kappa shape index (κ2) is 5.38. The summed E-state index contributed by atoms with van der Waals surface area (Å²) in [5, 5.41) is 0. The van der Waals surface area contributed by atoms with E-state index in [9.17, 15) is 9.59 Å². The average Bonchev–Trinajstić information content (AvgIpc) is 2.65. The van der Waals surface area contributed by atoms with Gasteiger partial charge in [-0.15, -0.1) is 0 Å². The Labute approximate surface area is 114 Å². The number of amides is 1. The molecule has 0 saturated heterocycles. The highest BCUT2D eigenvalue weighted by atomic mass is 32.1. The largest absolute Gasteiger partial charge is 0.307 e. The van der Waals surface area contributed by atoms with Crippen LogP contribution in [-0.4, -0.2) is 10.5 Å². The average molecular weight is 277 g/mol. The summed E-state index contributed by atoms with van der Waals surface area (Å²) in [6.07, 6.45) is 0. The van der Waals surface area contributed by atoms with Crippen molar-refractivity contribution in [3.05, 3.63) is 55.6 Å². The molecule has 6 heteroatoms. The number of rotatable bonds is 3. The molecule has 0 bridgehead atoms. The van der Waals surface area contributed by atoms with Crippen LogP contribution in [0.15, 0.2) is 29.1 Å². The number of nitrogen functional groups attached to an aromatic ring is 1. The van der Waals surface area contributed by atoms with E-state index in [0.29, 0.717) is 12.1 Å². The normalized spacial score (nSPS) is 10.5. The molecule has 1 aromatic heterocycles. The van der Waals surface area contributed by atoms with Gasteiger partial charge in [0.15, 0.2) is 0 Å². The van der Waals surface area contributed by atoms with Crippen molar-refractivity contribution in [2.45, 2.75) is 20.4 Å². The predicted octanol–water partition coefficient (Wildman–Crippen LogP) is 1.18. The van der Waals surface area contributed by atoms with E-state index in [1.807, 2.05) is 26.0 Å². The third-order valence-corrected chi connectivity index (χ3v) is 4.09. The van der Waals surface area contributed by atoms with Crippen molar-refractivity contribution in [3.8, 4) is 0 Å². The van der Waals surface area contributed by atoms with Crippen LogP contribution in [0, 0.1) is 13.8 Å². The lowest BCUT2D eigenvalue weighted by Crippen LogP contribution is -2.31. The van der Waals surface area contributed by atoms with Crippen molar-refractivity contribution in [1.82, 2.24) is 9.99 Å². The number of carbonyl (C=O) groups excluding carboxylic acids is 1. The molecule has 0 aliphatic carbocycles. The second-order valence-corrected chi connectivity index (χ2v) is 5.39. The van der Waals surface area contributed by atoms with Crippen LogP contribution in [-0.2, 0) is 6.54 Å². The number of hydrogen-bond donors (Lipinski definition) is 2. The number of nitrogens with two attached hydrogens (primary N) is 1. The molecule has 2 aromatic rings. The molecule has 1 aromatic carbocycles. The first-order valence-corrected chi connectivity index (χ1v) is 6.62. The molecule has 0 aliphatic heterocycles. The lowest BCUT2D eigenvalue weighted by Gasteiger charge is -2.10.